The highest BCUT2D eigenvalue weighted by molar-refractivity contribution is 5.85. The zero-order chi connectivity index (χ0) is 14.7. The van der Waals surface area contributed by atoms with Gasteiger partial charge in [0.15, 0.2) is 11.6 Å². The molecule has 3 rings (SSSR count). The monoisotopic (exact) mass is 328 g/mol. The Morgan fingerprint density at radius 3 is 2.64 bits per heavy atom. The number of benzene rings is 1. The summed E-state index contributed by atoms with van der Waals surface area (Å²) >= 11 is 0. The van der Waals surface area contributed by atoms with E-state index in [4.69, 9.17) is 4.74 Å². The number of carbonyl (C=O) groups excluding carboxylic acids is 1. The van der Waals surface area contributed by atoms with Gasteiger partial charge in [-0.2, -0.15) is 0 Å². The van der Waals surface area contributed by atoms with Crippen molar-refractivity contribution in [1.29, 1.82) is 0 Å². The highest BCUT2D eigenvalue weighted by atomic mass is 35.5. The number of hydrogen-bond donors (Lipinski definition) is 2. The van der Waals surface area contributed by atoms with E-state index in [1.165, 1.54) is 18.9 Å². The quantitative estimate of drug-likeness (QED) is 0.872. The summed E-state index contributed by atoms with van der Waals surface area (Å²) < 4.78 is 18.7. The third kappa shape index (κ3) is 4.34. The number of hydrogen-bond acceptors (Lipinski definition) is 3. The van der Waals surface area contributed by atoms with Gasteiger partial charge in [-0.3, -0.25) is 4.79 Å². The first kappa shape index (κ1) is 17.0. The summed E-state index contributed by atoms with van der Waals surface area (Å²) in [5.41, 5.74) is 0. The number of nitrogens with one attached hydrogen (secondary N) is 2. The predicted octanol–water partition coefficient (Wildman–Crippen LogP) is 2.42. The lowest BCUT2D eigenvalue weighted by atomic mass is 10.00. The summed E-state index contributed by atoms with van der Waals surface area (Å²) in [6, 6.07) is 7.62. The molecule has 22 heavy (non-hydrogen) atoms. The molecule has 2 N–H and O–H groups in total. The van der Waals surface area contributed by atoms with Crippen LogP contribution in [-0.2, 0) is 4.79 Å². The van der Waals surface area contributed by atoms with Crippen LogP contribution in [0, 0.1) is 5.82 Å². The first-order chi connectivity index (χ1) is 10.2. The van der Waals surface area contributed by atoms with Gasteiger partial charge < -0.3 is 15.4 Å². The molecule has 2 aliphatic heterocycles. The van der Waals surface area contributed by atoms with Gasteiger partial charge in [0.1, 0.15) is 0 Å². The highest BCUT2D eigenvalue weighted by Gasteiger charge is 2.33. The zero-order valence-electron chi connectivity index (χ0n) is 12.4. The van der Waals surface area contributed by atoms with Gasteiger partial charge in [0, 0.05) is 18.1 Å². The van der Waals surface area contributed by atoms with Gasteiger partial charge in [-0.25, -0.2) is 4.39 Å². The summed E-state index contributed by atoms with van der Waals surface area (Å²) in [6.07, 6.45) is 4.71. The van der Waals surface area contributed by atoms with Gasteiger partial charge >= 0.3 is 0 Å². The van der Waals surface area contributed by atoms with E-state index in [2.05, 4.69) is 10.6 Å². The fraction of sp³-hybridized carbons (Fsp3) is 0.562. The maximum atomic E-state index is 13.3. The molecule has 2 atom stereocenters. The average Bonchev–Trinajstić information content (AvgIpc) is 2.80. The number of ether oxygens (including phenoxy) is 1. The molecule has 0 saturated carbocycles. The number of rotatable bonds is 5. The van der Waals surface area contributed by atoms with Crippen molar-refractivity contribution in [3.05, 3.63) is 30.1 Å². The van der Waals surface area contributed by atoms with Crippen molar-refractivity contribution in [3.8, 4) is 5.75 Å². The zero-order valence-corrected chi connectivity index (χ0v) is 13.2. The van der Waals surface area contributed by atoms with Crippen LogP contribution in [0.2, 0.25) is 0 Å². The lowest BCUT2D eigenvalue weighted by Gasteiger charge is -2.29. The Balaban J connectivity index is 0.00000176. The molecule has 6 heteroatoms. The fourth-order valence-electron chi connectivity index (χ4n) is 3.29. The number of piperidine rings is 1. The number of para-hydroxylation sites is 1. The first-order valence-electron chi connectivity index (χ1n) is 7.63. The molecule has 2 bridgehead atoms. The van der Waals surface area contributed by atoms with Crippen molar-refractivity contribution in [2.45, 2.75) is 50.2 Å². The number of halogens is 2. The van der Waals surface area contributed by atoms with E-state index < -0.39 is 5.82 Å². The van der Waals surface area contributed by atoms with Crippen LogP contribution in [0.25, 0.3) is 0 Å². The Labute approximate surface area is 136 Å². The minimum Gasteiger partial charge on any atom is -0.490 e. The molecule has 1 amide bonds. The second-order valence-electron chi connectivity index (χ2n) is 5.90. The van der Waals surface area contributed by atoms with E-state index in [0.717, 1.165) is 12.8 Å². The number of fused-ring (bicyclic) bond motifs is 2. The summed E-state index contributed by atoms with van der Waals surface area (Å²) in [7, 11) is 0. The number of carbonyl (C=O) groups is 1. The molecule has 0 aromatic heterocycles. The van der Waals surface area contributed by atoms with E-state index in [1.54, 1.807) is 18.2 Å². The van der Waals surface area contributed by atoms with Gasteiger partial charge in [0.25, 0.3) is 0 Å². The maximum Gasteiger partial charge on any atom is 0.223 e. The lowest BCUT2D eigenvalue weighted by Crippen LogP contribution is -2.48. The van der Waals surface area contributed by atoms with Crippen LogP contribution in [0.15, 0.2) is 24.3 Å². The molecule has 2 fully saturated rings. The van der Waals surface area contributed by atoms with Crippen LogP contribution in [0.4, 0.5) is 4.39 Å². The topological polar surface area (TPSA) is 50.4 Å². The standard InChI is InChI=1S/C16H21FN2O2.ClH/c17-14-3-1-2-4-15(14)21-8-7-16(20)19-13-9-11-5-6-12(10-13)18-11;/h1-4,11-13,18H,5-10H2,(H,19,20);1H. The van der Waals surface area contributed by atoms with Gasteiger partial charge in [-0.15, -0.1) is 12.4 Å². The molecule has 1 aromatic carbocycles. The minimum absolute atomic E-state index is 0. The van der Waals surface area contributed by atoms with Gasteiger partial charge in [-0.05, 0) is 37.8 Å². The van der Waals surface area contributed by atoms with E-state index in [-0.39, 0.29) is 43.1 Å². The summed E-state index contributed by atoms with van der Waals surface area (Å²) in [5.74, 6) is -0.212. The highest BCUT2D eigenvalue weighted by Crippen LogP contribution is 2.26. The van der Waals surface area contributed by atoms with Crippen LogP contribution in [-0.4, -0.2) is 30.6 Å². The second-order valence-corrected chi connectivity index (χ2v) is 5.90. The van der Waals surface area contributed by atoms with Crippen molar-refractivity contribution < 1.29 is 13.9 Å². The van der Waals surface area contributed by atoms with Crippen molar-refractivity contribution in [2.24, 2.45) is 0 Å². The summed E-state index contributed by atoms with van der Waals surface area (Å²) in [6.45, 7) is 0.199. The van der Waals surface area contributed by atoms with Gasteiger partial charge in [0.05, 0.1) is 13.0 Å². The fourth-order valence-corrected chi connectivity index (χ4v) is 3.29. The van der Waals surface area contributed by atoms with Crippen LogP contribution < -0.4 is 15.4 Å². The van der Waals surface area contributed by atoms with Gasteiger partial charge in [0.2, 0.25) is 5.91 Å². The van der Waals surface area contributed by atoms with Crippen molar-refractivity contribution in [3.63, 3.8) is 0 Å². The summed E-state index contributed by atoms with van der Waals surface area (Å²) in [5, 5.41) is 6.61. The minimum atomic E-state index is -0.396. The van der Waals surface area contributed by atoms with Crippen molar-refractivity contribution in [2.75, 3.05) is 6.61 Å². The third-order valence-electron chi connectivity index (χ3n) is 4.26. The molecule has 2 unspecified atom stereocenters. The molecule has 0 spiro atoms. The average molecular weight is 329 g/mol. The molecule has 0 radical (unpaired) electrons. The second kappa shape index (κ2) is 7.79. The van der Waals surface area contributed by atoms with Crippen molar-refractivity contribution in [1.82, 2.24) is 10.6 Å². The maximum absolute atomic E-state index is 13.3. The van der Waals surface area contributed by atoms with Crippen LogP contribution in [0.1, 0.15) is 32.1 Å². The van der Waals surface area contributed by atoms with Crippen LogP contribution in [0.5, 0.6) is 5.75 Å². The van der Waals surface area contributed by atoms with E-state index in [1.807, 2.05) is 0 Å². The Kier molecular flexibility index (Phi) is 6.03. The molecule has 2 heterocycles. The molecular weight excluding hydrogens is 307 g/mol. The molecule has 4 nitrogen and oxygen atoms in total. The Morgan fingerprint density at radius 2 is 1.95 bits per heavy atom. The molecular formula is C16H22ClFN2O2. The molecule has 1 aromatic rings. The Morgan fingerprint density at radius 1 is 1.27 bits per heavy atom. The van der Waals surface area contributed by atoms with Crippen LogP contribution in [0.3, 0.4) is 0 Å². The number of amides is 1. The van der Waals surface area contributed by atoms with E-state index in [0.29, 0.717) is 12.1 Å². The van der Waals surface area contributed by atoms with E-state index in [9.17, 15) is 9.18 Å². The summed E-state index contributed by atoms with van der Waals surface area (Å²) in [4.78, 5) is 11.9. The SMILES string of the molecule is Cl.O=C(CCOc1ccccc1F)NC1CC2CCC(C1)N2. The Hall–Kier alpha value is -1.33. The van der Waals surface area contributed by atoms with E-state index >= 15 is 0 Å². The van der Waals surface area contributed by atoms with Crippen LogP contribution >= 0.6 is 12.4 Å². The predicted molar refractivity (Wildman–Crippen MR) is 84.9 cm³/mol. The normalized spacial score (nSPS) is 26.1. The van der Waals surface area contributed by atoms with Gasteiger partial charge in [-0.1, -0.05) is 12.1 Å². The molecule has 122 valence electrons. The van der Waals surface area contributed by atoms with Crippen molar-refractivity contribution >= 4 is 18.3 Å². The largest absolute Gasteiger partial charge is 0.490 e. The molecule has 2 aliphatic rings. The lowest BCUT2D eigenvalue weighted by molar-refractivity contribution is -0.122. The first-order valence-corrected chi connectivity index (χ1v) is 7.63. The molecule has 2 saturated heterocycles. The Bertz CT molecular complexity index is 503. The molecule has 0 aliphatic carbocycles. The smallest absolute Gasteiger partial charge is 0.223 e. The third-order valence-corrected chi connectivity index (χ3v) is 4.26.